The molecule has 2 aromatic rings. The minimum absolute atomic E-state index is 0.149. The number of benzene rings is 2. The fourth-order valence-corrected chi connectivity index (χ4v) is 2.74. The van der Waals surface area contributed by atoms with Crippen LogP contribution in [0.25, 0.3) is 0 Å². The predicted octanol–water partition coefficient (Wildman–Crippen LogP) is 2.23. The second kappa shape index (κ2) is 8.13. The standard InChI is InChI=1S/C21H18N2O3/c24-19(22-14-6-10-16-8-2-1-3-9-16)13-7-15-23-20(25)17-11-4-5-12-18(17)21(23)26/h1-5,8-9,11-12H,7,13-15H2,(H,22,24). The maximum Gasteiger partial charge on any atom is 0.261 e. The van der Waals surface area contributed by atoms with Gasteiger partial charge in [-0.2, -0.15) is 0 Å². The smallest absolute Gasteiger partial charge is 0.261 e. The lowest BCUT2D eigenvalue weighted by molar-refractivity contribution is -0.121. The number of carbonyl (C=O) groups is 3. The number of hydrogen-bond acceptors (Lipinski definition) is 3. The Kier molecular flexibility index (Phi) is 5.45. The summed E-state index contributed by atoms with van der Waals surface area (Å²) >= 11 is 0. The maximum atomic E-state index is 12.2. The van der Waals surface area contributed by atoms with Crippen LogP contribution >= 0.6 is 0 Å². The van der Waals surface area contributed by atoms with Crippen molar-refractivity contribution in [1.29, 1.82) is 0 Å². The third-order valence-corrected chi connectivity index (χ3v) is 4.04. The summed E-state index contributed by atoms with van der Waals surface area (Å²) in [7, 11) is 0. The molecule has 5 nitrogen and oxygen atoms in total. The number of rotatable bonds is 5. The summed E-state index contributed by atoms with van der Waals surface area (Å²) in [6.45, 7) is 0.496. The SMILES string of the molecule is O=C(CCCN1C(=O)c2ccccc2C1=O)NCC#Cc1ccccc1. The highest BCUT2D eigenvalue weighted by atomic mass is 16.2. The Labute approximate surface area is 152 Å². The van der Waals surface area contributed by atoms with E-state index < -0.39 is 0 Å². The average molecular weight is 346 g/mol. The van der Waals surface area contributed by atoms with E-state index in [4.69, 9.17) is 0 Å². The largest absolute Gasteiger partial charge is 0.345 e. The number of amides is 3. The Morgan fingerprint density at radius 2 is 1.54 bits per heavy atom. The van der Waals surface area contributed by atoms with Gasteiger partial charge in [-0.3, -0.25) is 19.3 Å². The highest BCUT2D eigenvalue weighted by Crippen LogP contribution is 2.22. The molecular weight excluding hydrogens is 328 g/mol. The van der Waals surface area contributed by atoms with Crippen LogP contribution in [0.5, 0.6) is 0 Å². The average Bonchev–Trinajstić information content (AvgIpc) is 2.91. The van der Waals surface area contributed by atoms with Gasteiger partial charge in [0.1, 0.15) is 0 Å². The first-order valence-electron chi connectivity index (χ1n) is 8.42. The Balaban J connectivity index is 1.42. The van der Waals surface area contributed by atoms with Crippen LogP contribution in [0, 0.1) is 11.8 Å². The molecule has 0 radical (unpaired) electrons. The van der Waals surface area contributed by atoms with E-state index in [1.807, 2.05) is 30.3 Å². The molecule has 0 spiro atoms. The lowest BCUT2D eigenvalue weighted by Crippen LogP contribution is -2.32. The predicted molar refractivity (Wildman–Crippen MR) is 97.4 cm³/mol. The topological polar surface area (TPSA) is 66.5 Å². The van der Waals surface area contributed by atoms with Crippen LogP contribution in [-0.2, 0) is 4.79 Å². The zero-order chi connectivity index (χ0) is 18.4. The molecule has 1 aliphatic rings. The molecule has 3 amide bonds. The van der Waals surface area contributed by atoms with Crippen LogP contribution in [0.1, 0.15) is 39.1 Å². The van der Waals surface area contributed by atoms with Gasteiger partial charge in [0.15, 0.2) is 0 Å². The van der Waals surface area contributed by atoms with Crippen LogP contribution in [-0.4, -0.2) is 35.7 Å². The molecule has 0 bridgehead atoms. The fraction of sp³-hybridized carbons (Fsp3) is 0.190. The Morgan fingerprint density at radius 3 is 2.19 bits per heavy atom. The molecule has 5 heteroatoms. The first-order valence-corrected chi connectivity index (χ1v) is 8.42. The number of hydrogen-bond donors (Lipinski definition) is 1. The van der Waals surface area contributed by atoms with Gasteiger partial charge in [-0.05, 0) is 30.7 Å². The van der Waals surface area contributed by atoms with E-state index in [2.05, 4.69) is 17.2 Å². The third kappa shape index (κ3) is 3.98. The van der Waals surface area contributed by atoms with Crippen LogP contribution in [0.2, 0.25) is 0 Å². The van der Waals surface area contributed by atoms with Crippen LogP contribution in [0.3, 0.4) is 0 Å². The van der Waals surface area contributed by atoms with Crippen molar-refractivity contribution in [2.45, 2.75) is 12.8 Å². The first kappa shape index (κ1) is 17.4. The van der Waals surface area contributed by atoms with Crippen molar-refractivity contribution in [1.82, 2.24) is 10.2 Å². The fourth-order valence-electron chi connectivity index (χ4n) is 2.74. The number of fused-ring (bicyclic) bond motifs is 1. The van der Waals surface area contributed by atoms with E-state index in [-0.39, 0.29) is 37.2 Å². The molecule has 0 unspecified atom stereocenters. The van der Waals surface area contributed by atoms with E-state index in [0.29, 0.717) is 17.5 Å². The van der Waals surface area contributed by atoms with Gasteiger partial charge < -0.3 is 5.32 Å². The molecule has 0 aliphatic carbocycles. The Hall–Kier alpha value is -3.39. The van der Waals surface area contributed by atoms with Gasteiger partial charge in [0.25, 0.3) is 11.8 Å². The quantitative estimate of drug-likeness (QED) is 0.667. The van der Waals surface area contributed by atoms with E-state index in [1.54, 1.807) is 24.3 Å². The summed E-state index contributed by atoms with van der Waals surface area (Å²) in [4.78, 5) is 37.5. The van der Waals surface area contributed by atoms with Crippen molar-refractivity contribution in [2.75, 3.05) is 13.1 Å². The van der Waals surface area contributed by atoms with Gasteiger partial charge in [0.05, 0.1) is 17.7 Å². The highest BCUT2D eigenvalue weighted by Gasteiger charge is 2.34. The summed E-state index contributed by atoms with van der Waals surface area (Å²) in [5, 5.41) is 2.72. The van der Waals surface area contributed by atoms with Gasteiger partial charge in [-0.25, -0.2) is 0 Å². The normalized spacial score (nSPS) is 12.4. The molecule has 1 aliphatic heterocycles. The van der Waals surface area contributed by atoms with E-state index in [0.717, 1.165) is 5.56 Å². The molecular formula is C21H18N2O3. The number of nitrogens with one attached hydrogen (secondary N) is 1. The van der Waals surface area contributed by atoms with Crippen molar-refractivity contribution in [3.05, 3.63) is 71.3 Å². The summed E-state index contributed by atoms with van der Waals surface area (Å²) in [6, 6.07) is 16.3. The maximum absolute atomic E-state index is 12.2. The molecule has 0 saturated heterocycles. The van der Waals surface area contributed by atoms with E-state index >= 15 is 0 Å². The van der Waals surface area contributed by atoms with Crippen molar-refractivity contribution in [3.8, 4) is 11.8 Å². The van der Waals surface area contributed by atoms with Crippen molar-refractivity contribution in [2.24, 2.45) is 0 Å². The molecule has 0 aromatic heterocycles. The number of carbonyl (C=O) groups excluding carboxylic acids is 3. The highest BCUT2D eigenvalue weighted by molar-refractivity contribution is 6.21. The van der Waals surface area contributed by atoms with Crippen molar-refractivity contribution < 1.29 is 14.4 Å². The lowest BCUT2D eigenvalue weighted by atomic mass is 10.1. The first-order chi connectivity index (χ1) is 12.7. The molecule has 1 heterocycles. The third-order valence-electron chi connectivity index (χ3n) is 4.04. The summed E-state index contributed by atoms with van der Waals surface area (Å²) < 4.78 is 0. The van der Waals surface area contributed by atoms with Crippen molar-refractivity contribution in [3.63, 3.8) is 0 Å². The number of imide groups is 1. The molecule has 0 saturated carbocycles. The van der Waals surface area contributed by atoms with Gasteiger partial charge in [0, 0.05) is 18.5 Å². The van der Waals surface area contributed by atoms with Gasteiger partial charge in [0.2, 0.25) is 5.91 Å². The minimum Gasteiger partial charge on any atom is -0.345 e. The summed E-state index contributed by atoms with van der Waals surface area (Å²) in [6.07, 6.45) is 0.657. The van der Waals surface area contributed by atoms with Gasteiger partial charge in [-0.1, -0.05) is 42.2 Å². The summed E-state index contributed by atoms with van der Waals surface area (Å²) in [5.41, 5.74) is 1.75. The zero-order valence-electron chi connectivity index (χ0n) is 14.2. The molecule has 0 fully saturated rings. The summed E-state index contributed by atoms with van der Waals surface area (Å²) in [5.74, 6) is 5.12. The van der Waals surface area contributed by atoms with Gasteiger partial charge in [-0.15, -0.1) is 0 Å². The molecule has 26 heavy (non-hydrogen) atoms. The zero-order valence-corrected chi connectivity index (χ0v) is 14.2. The van der Waals surface area contributed by atoms with Gasteiger partial charge >= 0.3 is 0 Å². The number of nitrogens with zero attached hydrogens (tertiary/aromatic N) is 1. The molecule has 1 N–H and O–H groups in total. The minimum atomic E-state index is -0.292. The molecule has 130 valence electrons. The molecule has 3 rings (SSSR count). The second-order valence-corrected chi connectivity index (χ2v) is 5.86. The van der Waals surface area contributed by atoms with Crippen LogP contribution < -0.4 is 5.32 Å². The van der Waals surface area contributed by atoms with E-state index in [1.165, 1.54) is 4.90 Å². The van der Waals surface area contributed by atoms with Crippen LogP contribution in [0.4, 0.5) is 0 Å². The second-order valence-electron chi connectivity index (χ2n) is 5.86. The van der Waals surface area contributed by atoms with Crippen molar-refractivity contribution >= 4 is 17.7 Å². The molecule has 0 atom stereocenters. The van der Waals surface area contributed by atoms with Crippen LogP contribution in [0.15, 0.2) is 54.6 Å². The monoisotopic (exact) mass is 346 g/mol. The Morgan fingerprint density at radius 1 is 0.923 bits per heavy atom. The van der Waals surface area contributed by atoms with E-state index in [9.17, 15) is 14.4 Å². The Bertz CT molecular complexity index is 859. The lowest BCUT2D eigenvalue weighted by Gasteiger charge is -2.13. The molecule has 2 aromatic carbocycles.